The lowest BCUT2D eigenvalue weighted by Gasteiger charge is -2.18. The van der Waals surface area contributed by atoms with E-state index < -0.39 is 11.7 Å². The van der Waals surface area contributed by atoms with E-state index in [-0.39, 0.29) is 12.3 Å². The molecule has 2 aromatic carbocycles. The smallest absolute Gasteiger partial charge is 0.416 e. The molecule has 0 radical (unpaired) electrons. The van der Waals surface area contributed by atoms with Gasteiger partial charge in [0.25, 0.3) is 0 Å². The lowest BCUT2D eigenvalue weighted by atomic mass is 10.1. The van der Waals surface area contributed by atoms with E-state index in [0.29, 0.717) is 24.5 Å². The summed E-state index contributed by atoms with van der Waals surface area (Å²) in [4.78, 5) is 22.4. The molecule has 1 amide bonds. The van der Waals surface area contributed by atoms with E-state index in [2.05, 4.69) is 42.8 Å². The second-order valence-corrected chi connectivity index (χ2v) is 8.82. The van der Waals surface area contributed by atoms with Gasteiger partial charge in [-0.1, -0.05) is 82.8 Å². The van der Waals surface area contributed by atoms with Gasteiger partial charge in [-0.25, -0.2) is 0 Å². The molecule has 0 aliphatic carbocycles. The van der Waals surface area contributed by atoms with Crippen LogP contribution < -0.4 is 5.32 Å². The van der Waals surface area contributed by atoms with Crippen molar-refractivity contribution in [3.8, 4) is 0 Å². The standard InChI is InChI=1S/C30H37F3N2O2.C2H6.CH2O/c1-6-35(7-2)21-26-11-15-27(16-12-26)24(5)37-23(4)22(3)9-8-10-29(36)34-20-19-25-13-17-28(18-14-25)30(31,32)33;2*1-2/h8-9,11-18H,5-7,10,19-21H2,1-4H3,(H,34,36);1-2H3;1H2/b9-8+,23-22+;;. The average Bonchev–Trinajstić information content (AvgIpc) is 2.98. The first kappa shape index (κ1) is 37.4. The van der Waals surface area contributed by atoms with E-state index in [0.717, 1.165) is 48.5 Å². The van der Waals surface area contributed by atoms with Crippen molar-refractivity contribution in [3.63, 3.8) is 0 Å². The molecular formula is C33H45F3N2O3. The number of nitrogens with zero attached hydrogens (tertiary/aromatic N) is 1. The van der Waals surface area contributed by atoms with E-state index >= 15 is 0 Å². The van der Waals surface area contributed by atoms with Gasteiger partial charge in [0.05, 0.1) is 5.56 Å². The minimum atomic E-state index is -4.35. The number of halogens is 3. The van der Waals surface area contributed by atoms with Gasteiger partial charge in [-0.15, -0.1) is 0 Å². The zero-order valence-corrected chi connectivity index (χ0v) is 25.2. The van der Waals surface area contributed by atoms with E-state index in [9.17, 15) is 18.0 Å². The molecule has 0 spiro atoms. The highest BCUT2D eigenvalue weighted by Crippen LogP contribution is 2.29. The molecule has 2 rings (SSSR count). The van der Waals surface area contributed by atoms with Crippen molar-refractivity contribution >= 4 is 18.5 Å². The number of carbonyl (C=O) groups excluding carboxylic acids is 2. The zero-order chi connectivity index (χ0) is 31.4. The third-order valence-corrected chi connectivity index (χ3v) is 6.10. The molecule has 2 aromatic rings. The number of alkyl halides is 3. The second kappa shape index (κ2) is 20.3. The van der Waals surface area contributed by atoms with Gasteiger partial charge in [0.2, 0.25) is 5.91 Å². The first-order valence-electron chi connectivity index (χ1n) is 13.8. The van der Waals surface area contributed by atoms with Crippen LogP contribution in [0.1, 0.15) is 70.2 Å². The molecule has 0 aliphatic rings. The van der Waals surface area contributed by atoms with Crippen molar-refractivity contribution in [3.05, 3.63) is 101 Å². The van der Waals surface area contributed by atoms with Gasteiger partial charge in [-0.3, -0.25) is 9.69 Å². The fraction of sp³-hybridized carbons (Fsp3) is 0.394. The number of carbonyl (C=O) groups is 2. The van der Waals surface area contributed by atoms with Gasteiger partial charge >= 0.3 is 6.18 Å². The van der Waals surface area contributed by atoms with Gasteiger partial charge in [-0.05, 0) is 62.2 Å². The van der Waals surface area contributed by atoms with Crippen LogP contribution in [0.25, 0.3) is 5.76 Å². The minimum Gasteiger partial charge on any atom is -0.462 e. The van der Waals surface area contributed by atoms with E-state index in [4.69, 9.17) is 9.53 Å². The zero-order valence-electron chi connectivity index (χ0n) is 25.2. The third kappa shape index (κ3) is 14.5. The number of ether oxygens (including phenoxy) is 1. The summed E-state index contributed by atoms with van der Waals surface area (Å²) in [5.41, 5.74) is 3.07. The quantitative estimate of drug-likeness (QED) is 0.195. The molecule has 226 valence electrons. The molecule has 1 N–H and O–H groups in total. The number of rotatable bonds is 13. The third-order valence-electron chi connectivity index (χ3n) is 6.10. The molecule has 0 saturated heterocycles. The van der Waals surface area contributed by atoms with Gasteiger partial charge in [0, 0.05) is 25.1 Å². The fourth-order valence-corrected chi connectivity index (χ4v) is 3.56. The predicted octanol–water partition coefficient (Wildman–Crippen LogP) is 7.97. The highest BCUT2D eigenvalue weighted by Gasteiger charge is 2.29. The number of nitrogens with one attached hydrogen (secondary N) is 1. The van der Waals surface area contributed by atoms with Crippen molar-refractivity contribution in [2.75, 3.05) is 19.6 Å². The molecule has 5 nitrogen and oxygen atoms in total. The van der Waals surface area contributed by atoms with Crippen LogP contribution in [0.2, 0.25) is 0 Å². The largest absolute Gasteiger partial charge is 0.462 e. The summed E-state index contributed by atoms with van der Waals surface area (Å²) < 4.78 is 43.8. The highest BCUT2D eigenvalue weighted by atomic mass is 19.4. The topological polar surface area (TPSA) is 58.6 Å². The van der Waals surface area contributed by atoms with Crippen LogP contribution in [0, 0.1) is 0 Å². The summed E-state index contributed by atoms with van der Waals surface area (Å²) in [5, 5.41) is 2.78. The summed E-state index contributed by atoms with van der Waals surface area (Å²) in [6, 6.07) is 13.2. The van der Waals surface area contributed by atoms with Gasteiger partial charge in [0.15, 0.2) is 0 Å². The Morgan fingerprint density at radius 3 is 2.00 bits per heavy atom. The molecule has 0 fully saturated rings. The molecule has 0 unspecified atom stereocenters. The molecule has 0 aromatic heterocycles. The van der Waals surface area contributed by atoms with Crippen LogP contribution >= 0.6 is 0 Å². The maximum Gasteiger partial charge on any atom is 0.416 e. The number of benzene rings is 2. The summed E-state index contributed by atoms with van der Waals surface area (Å²) >= 11 is 0. The Kier molecular flexibility index (Phi) is 18.5. The summed E-state index contributed by atoms with van der Waals surface area (Å²) in [5.74, 6) is 1.08. The van der Waals surface area contributed by atoms with Gasteiger partial charge in [-0.2, -0.15) is 13.2 Å². The predicted molar refractivity (Wildman–Crippen MR) is 162 cm³/mol. The fourth-order valence-electron chi connectivity index (χ4n) is 3.56. The molecule has 0 aliphatic heterocycles. The van der Waals surface area contributed by atoms with Crippen molar-refractivity contribution in [2.24, 2.45) is 0 Å². The van der Waals surface area contributed by atoms with Crippen LogP contribution in [0.3, 0.4) is 0 Å². The Hall–Kier alpha value is -3.65. The van der Waals surface area contributed by atoms with Crippen LogP contribution in [-0.4, -0.2) is 37.2 Å². The first-order valence-corrected chi connectivity index (χ1v) is 13.8. The summed E-state index contributed by atoms with van der Waals surface area (Å²) in [6.45, 7) is 21.4. The lowest BCUT2D eigenvalue weighted by molar-refractivity contribution is -0.137. The van der Waals surface area contributed by atoms with Gasteiger partial charge < -0.3 is 14.8 Å². The minimum absolute atomic E-state index is 0.163. The van der Waals surface area contributed by atoms with Crippen molar-refractivity contribution in [2.45, 2.75) is 67.1 Å². The van der Waals surface area contributed by atoms with Crippen LogP contribution in [0.5, 0.6) is 0 Å². The number of allylic oxidation sites excluding steroid dienone is 3. The molecule has 41 heavy (non-hydrogen) atoms. The van der Waals surface area contributed by atoms with Gasteiger partial charge in [0.1, 0.15) is 18.3 Å². The monoisotopic (exact) mass is 574 g/mol. The first-order chi connectivity index (χ1) is 19.5. The Balaban J connectivity index is 0.00000382. The van der Waals surface area contributed by atoms with Crippen molar-refractivity contribution in [1.29, 1.82) is 0 Å². The molecule has 0 atom stereocenters. The van der Waals surface area contributed by atoms with Crippen LogP contribution in [-0.2, 0) is 33.5 Å². The van der Waals surface area contributed by atoms with E-state index in [1.165, 1.54) is 17.7 Å². The Bertz CT molecular complexity index is 1100. The number of amides is 1. The van der Waals surface area contributed by atoms with E-state index in [1.807, 2.05) is 52.7 Å². The van der Waals surface area contributed by atoms with E-state index in [1.54, 1.807) is 6.08 Å². The molecule has 0 saturated carbocycles. The Morgan fingerprint density at radius 2 is 1.49 bits per heavy atom. The number of hydrogen-bond donors (Lipinski definition) is 1. The molecule has 8 heteroatoms. The normalized spacial score (nSPS) is 11.6. The summed E-state index contributed by atoms with van der Waals surface area (Å²) in [7, 11) is 0. The Labute approximate surface area is 243 Å². The molecule has 0 bridgehead atoms. The molecule has 0 heterocycles. The lowest BCUT2D eigenvalue weighted by Crippen LogP contribution is -2.24. The highest BCUT2D eigenvalue weighted by molar-refractivity contribution is 5.77. The number of hydrogen-bond acceptors (Lipinski definition) is 4. The van der Waals surface area contributed by atoms with Crippen LogP contribution in [0.15, 0.2) is 78.6 Å². The van der Waals surface area contributed by atoms with Crippen molar-refractivity contribution in [1.82, 2.24) is 10.2 Å². The second-order valence-electron chi connectivity index (χ2n) is 8.82. The Morgan fingerprint density at radius 1 is 0.951 bits per heavy atom. The SMILES string of the molecule is C=C(O/C(C)=C(C)/C=C/CC(=O)NCCc1ccc(C(F)(F)F)cc1)c1ccc(CN(CC)CC)cc1.C=O.CC. The summed E-state index contributed by atoms with van der Waals surface area (Å²) in [6.07, 6.45) is -0.130. The maximum absolute atomic E-state index is 12.6. The maximum atomic E-state index is 12.6. The average molecular weight is 575 g/mol. The van der Waals surface area contributed by atoms with Crippen molar-refractivity contribution < 1.29 is 27.5 Å². The molecular weight excluding hydrogens is 529 g/mol. The van der Waals surface area contributed by atoms with Crippen LogP contribution in [0.4, 0.5) is 13.2 Å².